The van der Waals surface area contributed by atoms with Gasteiger partial charge in [-0.1, -0.05) is 0 Å². The molecular weight excluding hydrogens is 202 g/mol. The molecule has 0 spiro atoms. The third kappa shape index (κ3) is 2.80. The number of carboxylic acids is 1. The van der Waals surface area contributed by atoms with Crippen LogP contribution in [0.4, 0.5) is 5.69 Å². The van der Waals surface area contributed by atoms with Crippen LogP contribution in [0.5, 0.6) is 5.75 Å². The molecular formula is C9H7NO5. The Bertz CT molecular complexity index is 438. The van der Waals surface area contributed by atoms with Crippen molar-refractivity contribution in [1.82, 2.24) is 0 Å². The van der Waals surface area contributed by atoms with Gasteiger partial charge in [0.25, 0.3) is 5.69 Å². The molecule has 0 aliphatic heterocycles. The van der Waals surface area contributed by atoms with E-state index in [1.165, 1.54) is 12.1 Å². The lowest BCUT2D eigenvalue weighted by Gasteiger charge is -1.97. The number of phenols is 1. The molecule has 1 aromatic rings. The van der Waals surface area contributed by atoms with Crippen LogP contribution in [0.3, 0.4) is 0 Å². The minimum Gasteiger partial charge on any atom is -0.508 e. The molecule has 0 aliphatic rings. The molecule has 0 heterocycles. The number of aromatic hydroxyl groups is 1. The lowest BCUT2D eigenvalue weighted by atomic mass is 10.1. The van der Waals surface area contributed by atoms with E-state index in [1.54, 1.807) is 0 Å². The normalized spacial score (nSPS) is 10.4. The van der Waals surface area contributed by atoms with Gasteiger partial charge in [-0.25, -0.2) is 4.79 Å². The summed E-state index contributed by atoms with van der Waals surface area (Å²) >= 11 is 0. The van der Waals surface area contributed by atoms with Gasteiger partial charge in [-0.15, -0.1) is 0 Å². The Balaban J connectivity index is 3.17. The first-order chi connectivity index (χ1) is 7.00. The van der Waals surface area contributed by atoms with E-state index in [-0.39, 0.29) is 17.0 Å². The zero-order chi connectivity index (χ0) is 11.4. The van der Waals surface area contributed by atoms with Crippen molar-refractivity contribution in [1.29, 1.82) is 0 Å². The summed E-state index contributed by atoms with van der Waals surface area (Å²) in [4.78, 5) is 20.1. The van der Waals surface area contributed by atoms with Crippen molar-refractivity contribution in [3.63, 3.8) is 0 Å². The maximum Gasteiger partial charge on any atom is 0.328 e. The van der Waals surface area contributed by atoms with Crippen molar-refractivity contribution in [2.24, 2.45) is 0 Å². The van der Waals surface area contributed by atoms with E-state index < -0.39 is 10.9 Å². The Hall–Kier alpha value is -2.37. The maximum absolute atomic E-state index is 10.5. The minimum absolute atomic E-state index is 0.125. The SMILES string of the molecule is O=C(O)C=Cc1ccc(O)cc1[N+](=O)[O-]. The fraction of sp³-hybridized carbons (Fsp3) is 0. The molecule has 2 N–H and O–H groups in total. The average molecular weight is 209 g/mol. The second-order valence-electron chi connectivity index (χ2n) is 2.67. The van der Waals surface area contributed by atoms with E-state index in [9.17, 15) is 14.9 Å². The molecule has 0 fully saturated rings. The molecule has 1 aromatic carbocycles. The van der Waals surface area contributed by atoms with E-state index in [0.717, 1.165) is 18.2 Å². The standard InChI is InChI=1S/C9H7NO5/c11-7-3-1-6(2-4-9(12)13)8(5-7)10(14)15/h1-5,11H,(H,12,13). The molecule has 0 aromatic heterocycles. The molecule has 0 atom stereocenters. The molecule has 78 valence electrons. The number of nitrogens with zero attached hydrogens (tertiary/aromatic N) is 1. The van der Waals surface area contributed by atoms with Gasteiger partial charge in [0, 0.05) is 6.08 Å². The van der Waals surface area contributed by atoms with Crippen LogP contribution in [0.2, 0.25) is 0 Å². The molecule has 0 aliphatic carbocycles. The summed E-state index contributed by atoms with van der Waals surface area (Å²) in [6.45, 7) is 0. The number of hydrogen-bond acceptors (Lipinski definition) is 4. The largest absolute Gasteiger partial charge is 0.508 e. The predicted molar refractivity (Wildman–Crippen MR) is 51.4 cm³/mol. The highest BCUT2D eigenvalue weighted by molar-refractivity contribution is 5.86. The Morgan fingerprint density at radius 2 is 2.13 bits per heavy atom. The summed E-state index contributed by atoms with van der Waals surface area (Å²) in [6, 6.07) is 3.48. The molecule has 0 saturated carbocycles. The zero-order valence-electron chi connectivity index (χ0n) is 7.45. The monoisotopic (exact) mass is 209 g/mol. The highest BCUT2D eigenvalue weighted by Crippen LogP contribution is 2.24. The summed E-state index contributed by atoms with van der Waals surface area (Å²) in [5.74, 6) is -1.44. The van der Waals surface area contributed by atoms with Gasteiger partial charge in [-0.2, -0.15) is 0 Å². The molecule has 0 saturated heterocycles. The number of phenolic OH excluding ortho intramolecular Hbond substituents is 1. The Morgan fingerprint density at radius 3 is 2.67 bits per heavy atom. The van der Waals surface area contributed by atoms with Gasteiger partial charge in [-0.05, 0) is 18.2 Å². The van der Waals surface area contributed by atoms with Crippen molar-refractivity contribution in [3.8, 4) is 5.75 Å². The van der Waals surface area contributed by atoms with E-state index in [2.05, 4.69) is 0 Å². The van der Waals surface area contributed by atoms with Crippen LogP contribution in [-0.2, 0) is 4.79 Å². The number of nitro benzene ring substituents is 1. The smallest absolute Gasteiger partial charge is 0.328 e. The van der Waals surface area contributed by atoms with E-state index in [0.29, 0.717) is 0 Å². The first kappa shape index (κ1) is 10.7. The lowest BCUT2D eigenvalue weighted by Crippen LogP contribution is -1.92. The first-order valence-corrected chi connectivity index (χ1v) is 3.89. The van der Waals surface area contributed by atoms with Crippen molar-refractivity contribution in [2.75, 3.05) is 0 Å². The van der Waals surface area contributed by atoms with E-state index in [4.69, 9.17) is 10.2 Å². The predicted octanol–water partition coefficient (Wildman–Crippen LogP) is 1.40. The Kier molecular flexibility index (Phi) is 3.02. The summed E-state index contributed by atoms with van der Waals surface area (Å²) < 4.78 is 0. The fourth-order valence-electron chi connectivity index (χ4n) is 0.992. The summed E-state index contributed by atoms with van der Waals surface area (Å²) in [7, 11) is 0. The molecule has 6 nitrogen and oxygen atoms in total. The molecule has 1 rings (SSSR count). The van der Waals surface area contributed by atoms with Crippen LogP contribution in [0.1, 0.15) is 5.56 Å². The maximum atomic E-state index is 10.5. The second kappa shape index (κ2) is 4.23. The first-order valence-electron chi connectivity index (χ1n) is 3.89. The van der Waals surface area contributed by atoms with Crippen LogP contribution < -0.4 is 0 Å². The zero-order valence-corrected chi connectivity index (χ0v) is 7.45. The van der Waals surface area contributed by atoms with Crippen molar-refractivity contribution >= 4 is 17.7 Å². The molecule has 0 unspecified atom stereocenters. The van der Waals surface area contributed by atoms with Crippen molar-refractivity contribution in [3.05, 3.63) is 40.0 Å². The van der Waals surface area contributed by atoms with Crippen molar-refractivity contribution < 1.29 is 19.9 Å². The Labute approximate surface area is 84.2 Å². The number of nitro groups is 1. The minimum atomic E-state index is -1.20. The number of carboxylic acid groups (broad SMARTS) is 1. The third-order valence-corrected chi connectivity index (χ3v) is 1.62. The van der Waals surface area contributed by atoms with Gasteiger partial charge in [0.1, 0.15) is 5.75 Å². The highest BCUT2D eigenvalue weighted by atomic mass is 16.6. The van der Waals surface area contributed by atoms with E-state index in [1.807, 2.05) is 0 Å². The van der Waals surface area contributed by atoms with Crippen LogP contribution in [0.25, 0.3) is 6.08 Å². The van der Waals surface area contributed by atoms with Gasteiger partial charge in [0.2, 0.25) is 0 Å². The van der Waals surface area contributed by atoms with Gasteiger partial charge in [0.15, 0.2) is 0 Å². The van der Waals surface area contributed by atoms with Gasteiger partial charge >= 0.3 is 5.97 Å². The van der Waals surface area contributed by atoms with Gasteiger partial charge < -0.3 is 10.2 Å². The van der Waals surface area contributed by atoms with E-state index >= 15 is 0 Å². The van der Waals surface area contributed by atoms with Crippen LogP contribution in [-0.4, -0.2) is 21.1 Å². The number of benzene rings is 1. The lowest BCUT2D eigenvalue weighted by molar-refractivity contribution is -0.385. The molecule has 0 amide bonds. The number of rotatable bonds is 3. The van der Waals surface area contributed by atoms with Crippen LogP contribution in [0, 0.1) is 10.1 Å². The van der Waals surface area contributed by atoms with Crippen LogP contribution >= 0.6 is 0 Å². The quantitative estimate of drug-likeness (QED) is 0.445. The summed E-state index contributed by atoms with van der Waals surface area (Å²) in [5, 5.41) is 27.9. The average Bonchev–Trinajstić information content (AvgIpc) is 2.15. The highest BCUT2D eigenvalue weighted by Gasteiger charge is 2.12. The number of aliphatic carboxylic acids is 1. The van der Waals surface area contributed by atoms with Crippen LogP contribution in [0.15, 0.2) is 24.3 Å². The Morgan fingerprint density at radius 1 is 1.47 bits per heavy atom. The molecule has 0 radical (unpaired) electrons. The molecule has 15 heavy (non-hydrogen) atoms. The fourth-order valence-corrected chi connectivity index (χ4v) is 0.992. The van der Waals surface area contributed by atoms with Gasteiger partial charge in [-0.3, -0.25) is 10.1 Å². The third-order valence-electron chi connectivity index (χ3n) is 1.62. The summed E-state index contributed by atoms with van der Waals surface area (Å²) in [6.07, 6.45) is 1.89. The van der Waals surface area contributed by atoms with Gasteiger partial charge in [0.05, 0.1) is 16.6 Å². The van der Waals surface area contributed by atoms with Crippen molar-refractivity contribution in [2.45, 2.75) is 0 Å². The molecule has 0 bridgehead atoms. The summed E-state index contributed by atoms with van der Waals surface area (Å²) in [5.41, 5.74) is -0.215. The second-order valence-corrected chi connectivity index (χ2v) is 2.67. The number of carbonyl (C=O) groups is 1. The molecule has 6 heteroatoms. The number of hydrogen-bond donors (Lipinski definition) is 2. The topological polar surface area (TPSA) is 101 Å².